The molecule has 170 valence electrons. The zero-order valence-corrected chi connectivity index (χ0v) is 18.7. The summed E-state index contributed by atoms with van der Waals surface area (Å²) in [7, 11) is 3.53. The van der Waals surface area contributed by atoms with Crippen LogP contribution in [0.25, 0.3) is 17.2 Å². The second kappa shape index (κ2) is 9.96. The van der Waals surface area contributed by atoms with Gasteiger partial charge in [0.15, 0.2) is 5.78 Å². The summed E-state index contributed by atoms with van der Waals surface area (Å²) in [6.07, 6.45) is 3.05. The second-order valence-corrected chi connectivity index (χ2v) is 8.09. The largest absolute Gasteiger partial charge is 0.497 e. The Morgan fingerprint density at radius 3 is 2.39 bits per heavy atom. The predicted octanol–water partition coefficient (Wildman–Crippen LogP) is 5.29. The summed E-state index contributed by atoms with van der Waals surface area (Å²) < 4.78 is 33.8. The summed E-state index contributed by atoms with van der Waals surface area (Å²) in [6.45, 7) is 3.54. The molecule has 33 heavy (non-hydrogen) atoms. The van der Waals surface area contributed by atoms with Crippen molar-refractivity contribution in [2.75, 3.05) is 45.2 Å². The van der Waals surface area contributed by atoms with E-state index in [-0.39, 0.29) is 11.4 Å². The van der Waals surface area contributed by atoms with Gasteiger partial charge in [-0.1, -0.05) is 24.3 Å². The number of hydrogen-bond donors (Lipinski definition) is 0. The lowest BCUT2D eigenvalue weighted by molar-refractivity contribution is 0.104. The highest BCUT2D eigenvalue weighted by Gasteiger charge is 2.18. The number of halogens is 2. The van der Waals surface area contributed by atoms with Crippen molar-refractivity contribution < 1.29 is 18.3 Å². The van der Waals surface area contributed by atoms with Crippen LogP contribution in [-0.2, 0) is 0 Å². The number of hydrogen-bond acceptors (Lipinski definition) is 4. The van der Waals surface area contributed by atoms with Gasteiger partial charge in [0.25, 0.3) is 0 Å². The Balaban J connectivity index is 1.70. The fourth-order valence-electron chi connectivity index (χ4n) is 3.96. The minimum absolute atomic E-state index is 0.0292. The van der Waals surface area contributed by atoms with Crippen molar-refractivity contribution in [3.8, 4) is 16.9 Å². The van der Waals surface area contributed by atoms with Crippen LogP contribution in [0.1, 0.15) is 15.9 Å². The average Bonchev–Trinajstić information content (AvgIpc) is 2.83. The molecule has 0 spiro atoms. The molecule has 0 radical (unpaired) electrons. The molecule has 0 amide bonds. The van der Waals surface area contributed by atoms with E-state index in [0.29, 0.717) is 16.9 Å². The van der Waals surface area contributed by atoms with Gasteiger partial charge in [0.1, 0.15) is 17.4 Å². The fourth-order valence-corrected chi connectivity index (χ4v) is 3.96. The number of likely N-dealkylation sites (N-methyl/N-ethyl adjacent to an activating group) is 1. The van der Waals surface area contributed by atoms with E-state index in [2.05, 4.69) is 16.8 Å². The van der Waals surface area contributed by atoms with Gasteiger partial charge in [0, 0.05) is 43.5 Å². The van der Waals surface area contributed by atoms with Crippen molar-refractivity contribution >= 4 is 17.5 Å². The molecular weight excluding hydrogens is 422 g/mol. The molecule has 4 nitrogen and oxygen atoms in total. The maximum Gasteiger partial charge on any atom is 0.188 e. The lowest BCUT2D eigenvalue weighted by Crippen LogP contribution is -2.44. The van der Waals surface area contributed by atoms with Gasteiger partial charge in [-0.05, 0) is 60.7 Å². The molecule has 3 aromatic carbocycles. The Kier molecular flexibility index (Phi) is 6.84. The number of carbonyl (C=O) groups excluding carboxylic acids is 1. The van der Waals surface area contributed by atoms with Crippen molar-refractivity contribution in [1.29, 1.82) is 0 Å². The van der Waals surface area contributed by atoms with Crippen molar-refractivity contribution in [2.45, 2.75) is 0 Å². The number of ether oxygens (including phenoxy) is 1. The Morgan fingerprint density at radius 2 is 1.70 bits per heavy atom. The molecule has 0 atom stereocenters. The lowest BCUT2D eigenvalue weighted by atomic mass is 9.99. The van der Waals surface area contributed by atoms with Crippen LogP contribution < -0.4 is 9.64 Å². The number of anilines is 1. The summed E-state index contributed by atoms with van der Waals surface area (Å²) in [4.78, 5) is 17.2. The van der Waals surface area contributed by atoms with Crippen LogP contribution in [0.2, 0.25) is 0 Å². The molecule has 0 unspecified atom stereocenters. The molecule has 3 aromatic rings. The topological polar surface area (TPSA) is 32.8 Å². The minimum Gasteiger partial charge on any atom is -0.497 e. The Labute approximate surface area is 192 Å². The molecule has 1 aliphatic heterocycles. The molecule has 4 rings (SSSR count). The van der Waals surface area contributed by atoms with Crippen LogP contribution in [0, 0.1) is 11.6 Å². The molecule has 0 aliphatic carbocycles. The van der Waals surface area contributed by atoms with E-state index in [0.717, 1.165) is 37.4 Å². The summed E-state index contributed by atoms with van der Waals surface area (Å²) in [5.41, 5.74) is 2.92. The first-order valence-electron chi connectivity index (χ1n) is 10.8. The molecule has 0 N–H and O–H groups in total. The van der Waals surface area contributed by atoms with Gasteiger partial charge >= 0.3 is 0 Å². The highest BCUT2D eigenvalue weighted by Crippen LogP contribution is 2.31. The number of allylic oxidation sites excluding steroid dienone is 1. The second-order valence-electron chi connectivity index (χ2n) is 8.09. The van der Waals surface area contributed by atoms with Crippen LogP contribution in [0.4, 0.5) is 14.5 Å². The third-order valence-electron chi connectivity index (χ3n) is 5.91. The number of ketones is 1. The molecule has 1 aliphatic rings. The smallest absolute Gasteiger partial charge is 0.188 e. The van der Waals surface area contributed by atoms with Gasteiger partial charge < -0.3 is 14.5 Å². The average molecular weight is 449 g/mol. The van der Waals surface area contributed by atoms with E-state index < -0.39 is 11.6 Å². The standard InChI is InChI=1S/C27H26F2N2O2/c1-30-13-15-31(16-14-30)26-11-7-19(22-5-3-4-6-24(22)28)17-20(26)8-12-27(32)23-10-9-21(33-2)18-25(23)29/h3-12,17-18H,13-16H2,1-2H3/b12-8+. The summed E-state index contributed by atoms with van der Waals surface area (Å²) >= 11 is 0. The molecule has 1 heterocycles. The van der Waals surface area contributed by atoms with Crippen LogP contribution in [0.15, 0.2) is 66.7 Å². The van der Waals surface area contributed by atoms with Crippen molar-refractivity contribution in [3.05, 3.63) is 89.5 Å². The summed E-state index contributed by atoms with van der Waals surface area (Å²) in [5.74, 6) is -1.04. The number of rotatable bonds is 6. The third kappa shape index (κ3) is 5.12. The van der Waals surface area contributed by atoms with Gasteiger partial charge in [-0.25, -0.2) is 8.78 Å². The summed E-state index contributed by atoms with van der Waals surface area (Å²) in [6, 6.07) is 16.5. The molecule has 0 saturated carbocycles. The first-order valence-corrected chi connectivity index (χ1v) is 10.8. The number of piperazine rings is 1. The molecule has 0 aromatic heterocycles. The Morgan fingerprint density at radius 1 is 0.939 bits per heavy atom. The maximum absolute atomic E-state index is 14.4. The minimum atomic E-state index is -0.636. The number of benzene rings is 3. The zero-order chi connectivity index (χ0) is 23.4. The predicted molar refractivity (Wildman–Crippen MR) is 128 cm³/mol. The quantitative estimate of drug-likeness (QED) is 0.379. The van der Waals surface area contributed by atoms with Gasteiger partial charge in [-0.3, -0.25) is 4.79 Å². The van der Waals surface area contributed by atoms with Gasteiger partial charge in [0.2, 0.25) is 0 Å². The van der Waals surface area contributed by atoms with Crippen LogP contribution in [-0.4, -0.2) is 51.0 Å². The number of methoxy groups -OCH3 is 1. The van der Waals surface area contributed by atoms with E-state index in [1.807, 2.05) is 18.2 Å². The van der Waals surface area contributed by atoms with Crippen molar-refractivity contribution in [2.24, 2.45) is 0 Å². The molecular formula is C27H26F2N2O2. The number of nitrogens with zero attached hydrogens (tertiary/aromatic N) is 2. The maximum atomic E-state index is 14.4. The van der Waals surface area contributed by atoms with Crippen molar-refractivity contribution in [3.63, 3.8) is 0 Å². The van der Waals surface area contributed by atoms with Crippen LogP contribution >= 0.6 is 0 Å². The first-order chi connectivity index (χ1) is 16.0. The summed E-state index contributed by atoms with van der Waals surface area (Å²) in [5, 5.41) is 0. The Bertz CT molecular complexity index is 1180. The molecule has 6 heteroatoms. The van der Waals surface area contributed by atoms with E-state index in [1.54, 1.807) is 30.3 Å². The van der Waals surface area contributed by atoms with E-state index in [1.165, 1.54) is 31.4 Å². The monoisotopic (exact) mass is 448 g/mol. The van der Waals surface area contributed by atoms with E-state index in [9.17, 15) is 13.6 Å². The molecule has 0 bridgehead atoms. The Hall–Kier alpha value is -3.51. The van der Waals surface area contributed by atoms with Crippen LogP contribution in [0.3, 0.4) is 0 Å². The zero-order valence-electron chi connectivity index (χ0n) is 18.7. The highest BCUT2D eigenvalue weighted by atomic mass is 19.1. The normalized spacial score (nSPS) is 14.6. The van der Waals surface area contributed by atoms with E-state index >= 15 is 0 Å². The van der Waals surface area contributed by atoms with Gasteiger partial charge in [-0.15, -0.1) is 0 Å². The SMILES string of the molecule is COc1ccc(C(=O)/C=C/c2cc(-c3ccccc3F)ccc2N2CCN(C)CC2)c(F)c1. The number of carbonyl (C=O) groups is 1. The lowest BCUT2D eigenvalue weighted by Gasteiger charge is -2.35. The third-order valence-corrected chi connectivity index (χ3v) is 5.91. The van der Waals surface area contributed by atoms with Gasteiger partial charge in [-0.2, -0.15) is 0 Å². The molecule has 1 fully saturated rings. The highest BCUT2D eigenvalue weighted by molar-refractivity contribution is 6.07. The van der Waals surface area contributed by atoms with Crippen LogP contribution in [0.5, 0.6) is 5.75 Å². The van der Waals surface area contributed by atoms with E-state index in [4.69, 9.17) is 4.74 Å². The fraction of sp³-hybridized carbons (Fsp3) is 0.222. The first kappa shape index (κ1) is 22.7. The van der Waals surface area contributed by atoms with Crippen molar-refractivity contribution in [1.82, 2.24) is 4.90 Å². The van der Waals surface area contributed by atoms with Gasteiger partial charge in [0.05, 0.1) is 12.7 Å². The molecule has 1 saturated heterocycles.